The third-order valence-corrected chi connectivity index (χ3v) is 14.4. The minimum absolute atomic E-state index is 0. The topological polar surface area (TPSA) is 36.9 Å². The second kappa shape index (κ2) is 33.6. The van der Waals surface area contributed by atoms with Gasteiger partial charge in [0.15, 0.2) is 0 Å². The van der Waals surface area contributed by atoms with Crippen molar-refractivity contribution in [1.82, 2.24) is 0 Å². The van der Waals surface area contributed by atoms with Crippen LogP contribution in [0, 0.1) is 0 Å². The molecule has 0 heterocycles. The fraction of sp³-hybridized carbons (Fsp3) is 0.0667. The van der Waals surface area contributed by atoms with Crippen LogP contribution in [-0.2, 0) is 134 Å². The van der Waals surface area contributed by atoms with Crippen molar-refractivity contribution >= 4 is 140 Å². The maximum atomic E-state index is 5.45. The minimum atomic E-state index is 0. The van der Waals surface area contributed by atoms with E-state index in [0.29, 0.717) is 19.6 Å². The van der Waals surface area contributed by atoms with E-state index in [0.717, 1.165) is 87.1 Å². The summed E-state index contributed by atoms with van der Waals surface area (Å²) in [5.74, 6) is 3.19. The quantitative estimate of drug-likeness (QED) is 0.0664. The van der Waals surface area contributed by atoms with Gasteiger partial charge in [-0.25, -0.2) is 0 Å². The maximum Gasteiger partial charge on any atom is 0.118 e. The second-order valence-electron chi connectivity index (χ2n) is 15.0. The third-order valence-electron chi connectivity index (χ3n) is 10.4. The summed E-state index contributed by atoms with van der Waals surface area (Å²) in [5, 5.41) is 0. The van der Waals surface area contributed by atoms with Crippen LogP contribution in [0.1, 0.15) is 44.5 Å². The van der Waals surface area contributed by atoms with Gasteiger partial charge in [0.1, 0.15) is 23.0 Å². The van der Waals surface area contributed by atoms with Crippen molar-refractivity contribution in [2.75, 3.05) is 28.4 Å². The first-order valence-corrected chi connectivity index (χ1v) is 25.3. The van der Waals surface area contributed by atoms with Crippen LogP contribution < -0.4 is 18.9 Å². The Morgan fingerprint density at radius 1 is 0.203 bits per heavy atom. The molecule has 0 aliphatic rings. The van der Waals surface area contributed by atoms with Gasteiger partial charge in [-0.05, 0) is 93.0 Å². The Hall–Kier alpha value is -5.33. The number of rotatable bonds is 12. The molecule has 0 unspecified atom stereocenters. The second-order valence-corrected chi connectivity index (χ2v) is 18.3. The van der Waals surface area contributed by atoms with Crippen LogP contribution in [0.15, 0.2) is 218 Å². The van der Waals surface area contributed by atoms with E-state index in [-0.39, 0.29) is 33.0 Å². The molecular formula is C60H48Ni2O4S8-8. The molecule has 8 aromatic rings. The van der Waals surface area contributed by atoms with Crippen LogP contribution in [0.5, 0.6) is 23.0 Å². The van der Waals surface area contributed by atoms with Crippen LogP contribution in [0.4, 0.5) is 0 Å². The van der Waals surface area contributed by atoms with Crippen LogP contribution in [-0.4, -0.2) is 28.4 Å². The number of ether oxygens (including phenoxy) is 4. The Balaban J connectivity index is 0.000000259. The van der Waals surface area contributed by atoms with E-state index >= 15 is 0 Å². The Bertz CT molecular complexity index is 2620. The summed E-state index contributed by atoms with van der Waals surface area (Å²) < 4.78 is 20.5. The summed E-state index contributed by atoms with van der Waals surface area (Å²) >= 11 is 43.3. The Labute approximate surface area is 501 Å². The predicted octanol–water partition coefficient (Wildman–Crippen LogP) is 14.5. The Morgan fingerprint density at radius 2 is 0.324 bits per heavy atom. The summed E-state index contributed by atoms with van der Waals surface area (Å²) in [5.41, 5.74) is 7.70. The van der Waals surface area contributed by atoms with Gasteiger partial charge < -0.3 is 120 Å². The molecule has 74 heavy (non-hydrogen) atoms. The standard InChI is InChI=1S/2C16H16O2S2.2C14H12S2.2Ni/c2*1-17-13-7-3-11(4-8-13)15(19)16(20)12-5-9-14(18-2)10-6-12;2*15-13(11-7-3-1-4-8-11)14(16)12-9-5-2-6-10-12;;/h2*3-10,19-20H,1-2H3;2*1-10,15-16H;;/p-8. The Morgan fingerprint density at radius 3 is 0.446 bits per heavy atom. The molecule has 4 nitrogen and oxygen atoms in total. The fourth-order valence-electron chi connectivity index (χ4n) is 6.38. The number of hydrogen-bond acceptors (Lipinski definition) is 12. The Kier molecular flexibility index (Phi) is 28.6. The summed E-state index contributed by atoms with van der Waals surface area (Å²) in [7, 11) is 6.54. The average Bonchev–Trinajstić information content (AvgIpc) is 3.47. The number of methoxy groups -OCH3 is 4. The molecule has 388 valence electrons. The molecule has 0 saturated carbocycles. The zero-order valence-corrected chi connectivity index (χ0v) is 48.8. The summed E-state index contributed by atoms with van der Waals surface area (Å²) in [6, 6.07) is 69.8. The van der Waals surface area contributed by atoms with Gasteiger partial charge in [-0.15, -0.1) is 0 Å². The molecule has 0 aliphatic heterocycles. The van der Waals surface area contributed by atoms with Gasteiger partial charge in [-0.1, -0.05) is 170 Å². The molecule has 8 rings (SSSR count). The van der Waals surface area contributed by atoms with Gasteiger partial charge in [0, 0.05) is 33.0 Å². The summed E-state index contributed by atoms with van der Waals surface area (Å²) in [4.78, 5) is 5.59. The number of benzene rings is 8. The van der Waals surface area contributed by atoms with E-state index in [1.807, 2.05) is 218 Å². The van der Waals surface area contributed by atoms with E-state index in [2.05, 4.69) is 0 Å². The molecule has 0 saturated heterocycles. The molecule has 0 aliphatic carbocycles. The maximum absolute atomic E-state index is 5.45. The van der Waals surface area contributed by atoms with Crippen molar-refractivity contribution in [3.63, 3.8) is 0 Å². The molecule has 0 fully saturated rings. The van der Waals surface area contributed by atoms with E-state index < -0.39 is 0 Å². The molecule has 0 amide bonds. The first-order valence-electron chi connectivity index (χ1n) is 22.0. The summed E-state index contributed by atoms with van der Waals surface area (Å²) in [6.45, 7) is 0. The number of hydrogen-bond donors (Lipinski definition) is 0. The van der Waals surface area contributed by atoms with Gasteiger partial charge >= 0.3 is 0 Å². The van der Waals surface area contributed by atoms with Crippen molar-refractivity contribution in [3.05, 3.63) is 263 Å². The fourth-order valence-corrected chi connectivity index (χ4v) is 8.41. The first kappa shape index (κ1) is 63.0. The normalized spacial score (nSPS) is 11.5. The molecule has 8 aromatic carbocycles. The van der Waals surface area contributed by atoms with Crippen LogP contribution in [0.25, 0.3) is 39.2 Å². The minimum Gasteiger partial charge on any atom is -0.781 e. The van der Waals surface area contributed by atoms with E-state index in [4.69, 9.17) is 120 Å². The molecule has 0 bridgehead atoms. The van der Waals surface area contributed by atoms with Crippen molar-refractivity contribution < 1.29 is 51.9 Å². The predicted molar refractivity (Wildman–Crippen MR) is 324 cm³/mol. The molecule has 0 aromatic heterocycles. The van der Waals surface area contributed by atoms with Crippen molar-refractivity contribution in [2.45, 2.75) is 0 Å². The molecule has 14 heteroatoms. The van der Waals surface area contributed by atoms with Gasteiger partial charge in [-0.3, -0.25) is 0 Å². The van der Waals surface area contributed by atoms with Crippen molar-refractivity contribution in [2.24, 2.45) is 0 Å². The monoisotopic (exact) mass is 1200 g/mol. The van der Waals surface area contributed by atoms with Crippen LogP contribution in [0.3, 0.4) is 0 Å². The third kappa shape index (κ3) is 19.1. The first-order chi connectivity index (χ1) is 34.9. The molecular weight excluding hydrogens is 1160 g/mol. The van der Waals surface area contributed by atoms with Crippen LogP contribution in [0.2, 0.25) is 0 Å². The van der Waals surface area contributed by atoms with Gasteiger partial charge in [0.05, 0.1) is 28.4 Å². The SMILES string of the molecule is COc1ccc(C([S-])=C([S-])c2ccc(OC)cc2)cc1.COc1ccc(C([S-])=C([S-])c2ccc(OC)cc2)cc1.[Ni].[Ni].[S-]C(=C([S-])c1ccccc1)c1ccccc1.[S-]C(=C([S-])c1ccccc1)c1ccccc1. The molecule has 0 spiro atoms. The van der Waals surface area contributed by atoms with Crippen LogP contribution >= 0.6 is 0 Å². The zero-order valence-electron chi connectivity index (χ0n) is 40.3. The largest absolute Gasteiger partial charge is 0.781 e. The van der Waals surface area contributed by atoms with Gasteiger partial charge in [0.25, 0.3) is 0 Å². The van der Waals surface area contributed by atoms with Crippen molar-refractivity contribution in [1.29, 1.82) is 0 Å². The van der Waals surface area contributed by atoms with Crippen molar-refractivity contribution in [3.8, 4) is 23.0 Å². The molecule has 0 radical (unpaired) electrons. The zero-order chi connectivity index (χ0) is 51.8. The van der Waals surface area contributed by atoms with Gasteiger partial charge in [0.2, 0.25) is 0 Å². The average molecular weight is 1210 g/mol. The van der Waals surface area contributed by atoms with E-state index in [1.165, 1.54) is 0 Å². The summed E-state index contributed by atoms with van der Waals surface area (Å²) in [6.07, 6.45) is 0. The van der Waals surface area contributed by atoms with E-state index in [1.54, 1.807) is 28.4 Å². The smallest absolute Gasteiger partial charge is 0.118 e. The molecule has 0 N–H and O–H groups in total. The van der Waals surface area contributed by atoms with Gasteiger partial charge in [-0.2, -0.15) is 39.2 Å². The van der Waals surface area contributed by atoms with E-state index in [9.17, 15) is 0 Å². The molecule has 0 atom stereocenters.